The van der Waals surface area contributed by atoms with Crippen LogP contribution in [0, 0.1) is 0 Å². The van der Waals surface area contributed by atoms with Crippen LogP contribution in [0.5, 0.6) is 0 Å². The molecule has 0 radical (unpaired) electrons. The second-order valence-corrected chi connectivity index (χ2v) is 4.99. The minimum atomic E-state index is -1.86. The Balaban J connectivity index is 0.00000169. The molecule has 1 atom stereocenters. The van der Waals surface area contributed by atoms with Crippen LogP contribution in [-0.4, -0.2) is 38.3 Å². The van der Waals surface area contributed by atoms with Crippen molar-refractivity contribution in [3.63, 3.8) is 0 Å². The van der Waals surface area contributed by atoms with Crippen molar-refractivity contribution >= 4 is 40.6 Å². The summed E-state index contributed by atoms with van der Waals surface area (Å²) in [6, 6.07) is 7.17. The van der Waals surface area contributed by atoms with Gasteiger partial charge >= 0.3 is 29.6 Å². The number of benzene rings is 1. The summed E-state index contributed by atoms with van der Waals surface area (Å²) in [5, 5.41) is 0. The van der Waals surface area contributed by atoms with Gasteiger partial charge in [0.25, 0.3) is 0 Å². The van der Waals surface area contributed by atoms with Crippen LogP contribution in [0.3, 0.4) is 0 Å². The topological polar surface area (TPSA) is 37.3 Å². The molecule has 74 valence electrons. The summed E-state index contributed by atoms with van der Waals surface area (Å²) in [7, 11) is 0. The summed E-state index contributed by atoms with van der Waals surface area (Å²) < 4.78 is 19.5. The van der Waals surface area contributed by atoms with Gasteiger partial charge in [0.1, 0.15) is 0 Å². The fourth-order valence-corrected chi connectivity index (χ4v) is 1.44. The first-order valence-electron chi connectivity index (χ1n) is 4.12. The van der Waals surface area contributed by atoms with E-state index in [1.54, 1.807) is 12.1 Å². The molecule has 0 aromatic heterocycles. The fourth-order valence-electron chi connectivity index (χ4n) is 1.07. The predicted molar refractivity (Wildman–Crippen MR) is 61.3 cm³/mol. The molecule has 0 saturated carbocycles. The molecule has 0 aliphatic rings. The van der Waals surface area contributed by atoms with Gasteiger partial charge in [-0.05, 0) is 23.1 Å². The van der Waals surface area contributed by atoms with Crippen LogP contribution < -0.4 is 0 Å². The summed E-state index contributed by atoms with van der Waals surface area (Å²) in [6.45, 7) is 6.33. The molecular weight excluding hydrogens is 207 g/mol. The van der Waals surface area contributed by atoms with E-state index in [1.807, 2.05) is 12.1 Å². The van der Waals surface area contributed by atoms with Crippen LogP contribution in [0.15, 0.2) is 29.2 Å². The molecule has 0 aliphatic heterocycles. The van der Waals surface area contributed by atoms with Gasteiger partial charge in [0, 0.05) is 0 Å². The summed E-state index contributed by atoms with van der Waals surface area (Å²) in [5.74, 6) is 0. The van der Waals surface area contributed by atoms with Crippen LogP contribution >= 0.6 is 0 Å². The Kier molecular flexibility index (Phi) is 5.55. The maximum atomic E-state index is 10.7. The number of hydrogen-bond acceptors (Lipinski definition) is 1. The van der Waals surface area contributed by atoms with Crippen LogP contribution in [-0.2, 0) is 16.5 Å². The van der Waals surface area contributed by atoms with E-state index in [1.165, 1.54) is 5.56 Å². The average molecular weight is 222 g/mol. The molecule has 1 unspecified atom stereocenters. The first-order chi connectivity index (χ1) is 5.91. The Bertz CT molecular complexity index is 314. The summed E-state index contributed by atoms with van der Waals surface area (Å²) in [4.78, 5) is 0.452. The van der Waals surface area contributed by atoms with Crippen molar-refractivity contribution in [3.8, 4) is 0 Å². The summed E-state index contributed by atoms with van der Waals surface area (Å²) in [5.41, 5.74) is 1.26. The summed E-state index contributed by atoms with van der Waals surface area (Å²) in [6.07, 6.45) is 0. The Hall–Kier alpha value is 0.330. The van der Waals surface area contributed by atoms with Crippen molar-refractivity contribution in [2.24, 2.45) is 0 Å². The van der Waals surface area contributed by atoms with Crippen molar-refractivity contribution in [2.45, 2.75) is 31.1 Å². The second kappa shape index (κ2) is 5.42. The van der Waals surface area contributed by atoms with E-state index in [9.17, 15) is 4.21 Å². The molecule has 1 aromatic carbocycles. The quantitative estimate of drug-likeness (QED) is 0.582. The Morgan fingerprint density at radius 3 is 1.86 bits per heavy atom. The van der Waals surface area contributed by atoms with Crippen molar-refractivity contribution < 1.29 is 8.76 Å². The fraction of sp³-hybridized carbons (Fsp3) is 0.400. The van der Waals surface area contributed by atoms with E-state index in [-0.39, 0.29) is 35.0 Å². The molecule has 1 rings (SSSR count). The Morgan fingerprint density at radius 1 is 1.14 bits per heavy atom. The second-order valence-electron chi connectivity index (χ2n) is 4.02. The van der Waals surface area contributed by atoms with Crippen LogP contribution in [0.1, 0.15) is 26.3 Å². The Labute approximate surface area is 110 Å². The number of hydrogen-bond donors (Lipinski definition) is 1. The van der Waals surface area contributed by atoms with Crippen molar-refractivity contribution in [1.82, 2.24) is 0 Å². The van der Waals surface area contributed by atoms with Crippen LogP contribution in [0.2, 0.25) is 0 Å². The molecule has 0 fully saturated rings. The molecule has 1 N–H and O–H groups in total. The van der Waals surface area contributed by atoms with Crippen molar-refractivity contribution in [1.29, 1.82) is 0 Å². The summed E-state index contributed by atoms with van der Waals surface area (Å²) >= 11 is -1.86. The SMILES string of the molecule is CC(C)(C)c1ccc(S(=O)O)cc1.[NaH]. The monoisotopic (exact) mass is 222 g/mol. The third-order valence-corrected chi connectivity index (χ3v) is 2.60. The Morgan fingerprint density at radius 2 is 1.57 bits per heavy atom. The molecule has 4 heteroatoms. The molecule has 0 heterocycles. The van der Waals surface area contributed by atoms with Gasteiger partial charge in [0.15, 0.2) is 11.1 Å². The normalized spacial score (nSPS) is 13.1. The van der Waals surface area contributed by atoms with E-state index in [2.05, 4.69) is 20.8 Å². The van der Waals surface area contributed by atoms with Gasteiger partial charge in [0.2, 0.25) is 0 Å². The van der Waals surface area contributed by atoms with E-state index in [0.717, 1.165) is 0 Å². The van der Waals surface area contributed by atoms with E-state index in [4.69, 9.17) is 4.55 Å². The van der Waals surface area contributed by atoms with Gasteiger partial charge in [-0.2, -0.15) is 0 Å². The molecule has 0 saturated heterocycles. The molecule has 0 bridgehead atoms. The maximum absolute atomic E-state index is 10.7. The molecule has 0 spiro atoms. The van der Waals surface area contributed by atoms with Gasteiger partial charge in [0.05, 0.1) is 4.90 Å². The van der Waals surface area contributed by atoms with Gasteiger partial charge in [-0.3, -0.25) is 0 Å². The molecule has 2 nitrogen and oxygen atoms in total. The molecule has 0 aliphatic carbocycles. The third kappa shape index (κ3) is 3.83. The van der Waals surface area contributed by atoms with E-state index in [0.29, 0.717) is 4.90 Å². The van der Waals surface area contributed by atoms with E-state index < -0.39 is 11.1 Å². The van der Waals surface area contributed by atoms with Gasteiger partial charge in [-0.1, -0.05) is 32.9 Å². The zero-order valence-electron chi connectivity index (χ0n) is 8.07. The number of rotatable bonds is 1. The minimum absolute atomic E-state index is 0. The van der Waals surface area contributed by atoms with Gasteiger partial charge in [-0.25, -0.2) is 4.21 Å². The standard InChI is InChI=1S/C10H14O2S.Na.H/c1-10(2,3)8-4-6-9(7-5-8)13(11)12;;/h4-7H,1-3H3,(H,11,12);;. The molecule has 1 aromatic rings. The zero-order chi connectivity index (χ0) is 10.1. The van der Waals surface area contributed by atoms with Crippen molar-refractivity contribution in [2.75, 3.05) is 0 Å². The zero-order valence-corrected chi connectivity index (χ0v) is 8.89. The molecular formula is C10H15NaO2S. The van der Waals surface area contributed by atoms with Crippen LogP contribution in [0.25, 0.3) is 0 Å². The molecule has 0 amide bonds. The van der Waals surface area contributed by atoms with Gasteiger partial charge < -0.3 is 4.55 Å². The van der Waals surface area contributed by atoms with E-state index >= 15 is 0 Å². The first kappa shape index (κ1) is 14.3. The molecule has 14 heavy (non-hydrogen) atoms. The first-order valence-corrected chi connectivity index (χ1v) is 5.23. The predicted octanol–water partition coefficient (Wildman–Crippen LogP) is 1.92. The van der Waals surface area contributed by atoms with Crippen molar-refractivity contribution in [3.05, 3.63) is 29.8 Å². The third-order valence-electron chi connectivity index (χ3n) is 1.92. The average Bonchev–Trinajstić information content (AvgIpc) is 2.03. The van der Waals surface area contributed by atoms with Crippen LogP contribution in [0.4, 0.5) is 0 Å². The van der Waals surface area contributed by atoms with Gasteiger partial charge in [-0.15, -0.1) is 0 Å².